The summed E-state index contributed by atoms with van der Waals surface area (Å²) in [5.74, 6) is -0.432. The molecule has 0 aliphatic rings. The van der Waals surface area contributed by atoms with Crippen molar-refractivity contribution < 1.29 is 9.53 Å². The number of hydrogen-bond acceptors (Lipinski definition) is 4. The maximum absolute atomic E-state index is 11.5. The first-order chi connectivity index (χ1) is 8.65. The monoisotopic (exact) mass is 245 g/mol. The molecule has 0 aliphatic carbocycles. The lowest BCUT2D eigenvalue weighted by Crippen LogP contribution is -2.05. The molecule has 5 nitrogen and oxygen atoms in total. The minimum Gasteiger partial charge on any atom is -0.464 e. The Kier molecular flexibility index (Phi) is 3.32. The van der Waals surface area contributed by atoms with Gasteiger partial charge in [-0.2, -0.15) is 5.10 Å². The Morgan fingerprint density at radius 3 is 2.61 bits per heavy atom. The van der Waals surface area contributed by atoms with Crippen molar-refractivity contribution in [1.29, 1.82) is 0 Å². The van der Waals surface area contributed by atoms with Crippen molar-refractivity contribution in [2.75, 3.05) is 12.8 Å². The van der Waals surface area contributed by atoms with Crippen molar-refractivity contribution in [3.8, 4) is 5.69 Å². The molecule has 0 fully saturated rings. The summed E-state index contributed by atoms with van der Waals surface area (Å²) in [6, 6.07) is 9.07. The van der Waals surface area contributed by atoms with E-state index in [9.17, 15) is 4.79 Å². The number of benzene rings is 1. The van der Waals surface area contributed by atoms with Gasteiger partial charge in [0.1, 0.15) is 0 Å². The third-order valence-corrected chi connectivity index (χ3v) is 2.68. The van der Waals surface area contributed by atoms with E-state index in [1.165, 1.54) is 7.11 Å². The van der Waals surface area contributed by atoms with Crippen LogP contribution in [-0.2, 0) is 11.2 Å². The van der Waals surface area contributed by atoms with Crippen molar-refractivity contribution >= 4 is 11.7 Å². The highest BCUT2D eigenvalue weighted by Gasteiger charge is 2.14. The third-order valence-electron chi connectivity index (χ3n) is 2.68. The zero-order valence-corrected chi connectivity index (χ0v) is 10.4. The van der Waals surface area contributed by atoms with E-state index < -0.39 is 5.97 Å². The Hall–Kier alpha value is -2.30. The first kappa shape index (κ1) is 12.2. The summed E-state index contributed by atoms with van der Waals surface area (Å²) in [5.41, 5.74) is 8.47. The van der Waals surface area contributed by atoms with Gasteiger partial charge in [-0.1, -0.05) is 6.92 Å². The zero-order valence-electron chi connectivity index (χ0n) is 10.4. The predicted octanol–water partition coefficient (Wildman–Crippen LogP) is 1.80. The van der Waals surface area contributed by atoms with Crippen LogP contribution in [0.3, 0.4) is 0 Å². The molecule has 0 radical (unpaired) electrons. The Morgan fingerprint density at radius 2 is 2.06 bits per heavy atom. The Morgan fingerprint density at radius 1 is 1.39 bits per heavy atom. The lowest BCUT2D eigenvalue weighted by Gasteiger charge is -2.05. The van der Waals surface area contributed by atoms with Gasteiger partial charge in [-0.3, -0.25) is 0 Å². The van der Waals surface area contributed by atoms with Crippen LogP contribution in [0.25, 0.3) is 5.69 Å². The molecule has 0 spiro atoms. The van der Waals surface area contributed by atoms with Gasteiger partial charge in [-0.25, -0.2) is 9.48 Å². The van der Waals surface area contributed by atoms with Crippen LogP contribution in [0.2, 0.25) is 0 Å². The van der Waals surface area contributed by atoms with E-state index >= 15 is 0 Å². The molecule has 2 rings (SSSR count). The summed E-state index contributed by atoms with van der Waals surface area (Å²) in [6.07, 6.45) is 0.772. The van der Waals surface area contributed by atoms with Crippen LogP contribution in [0, 0.1) is 0 Å². The van der Waals surface area contributed by atoms with Crippen molar-refractivity contribution in [2.45, 2.75) is 13.3 Å². The molecule has 2 N–H and O–H groups in total. The number of methoxy groups -OCH3 is 1. The number of nitrogens with two attached hydrogens (primary N) is 1. The van der Waals surface area contributed by atoms with E-state index in [0.717, 1.165) is 17.8 Å². The number of ether oxygens (including phenoxy) is 1. The number of nitrogens with zero attached hydrogens (tertiary/aromatic N) is 2. The SMILES string of the molecule is CCc1cc(C(=O)OC)nn1-c1ccc(N)cc1. The van der Waals surface area contributed by atoms with E-state index in [1.807, 2.05) is 19.1 Å². The molecule has 0 bridgehead atoms. The highest BCUT2D eigenvalue weighted by Crippen LogP contribution is 2.15. The number of aryl methyl sites for hydroxylation is 1. The number of rotatable bonds is 3. The van der Waals surface area contributed by atoms with Crippen LogP contribution in [0.5, 0.6) is 0 Å². The summed E-state index contributed by atoms with van der Waals surface area (Å²) < 4.78 is 6.40. The Labute approximate surface area is 105 Å². The van der Waals surface area contributed by atoms with E-state index in [0.29, 0.717) is 11.4 Å². The zero-order chi connectivity index (χ0) is 13.1. The van der Waals surface area contributed by atoms with Crippen LogP contribution in [-0.4, -0.2) is 22.9 Å². The van der Waals surface area contributed by atoms with Gasteiger partial charge in [0.25, 0.3) is 0 Å². The lowest BCUT2D eigenvalue weighted by atomic mass is 10.2. The number of aromatic nitrogens is 2. The maximum Gasteiger partial charge on any atom is 0.358 e. The van der Waals surface area contributed by atoms with Crippen molar-refractivity contribution in [2.24, 2.45) is 0 Å². The Balaban J connectivity index is 2.46. The molecular formula is C13H15N3O2. The molecule has 0 unspecified atom stereocenters. The standard InChI is InChI=1S/C13H15N3O2/c1-3-10-8-12(13(17)18-2)15-16(10)11-6-4-9(14)5-7-11/h4-8H,3,14H2,1-2H3. The second-order valence-corrected chi connectivity index (χ2v) is 3.87. The molecule has 0 amide bonds. The molecule has 18 heavy (non-hydrogen) atoms. The second kappa shape index (κ2) is 4.91. The third kappa shape index (κ3) is 2.20. The average molecular weight is 245 g/mol. The van der Waals surface area contributed by atoms with Crippen LogP contribution >= 0.6 is 0 Å². The van der Waals surface area contributed by atoms with Gasteiger partial charge in [0.05, 0.1) is 12.8 Å². The average Bonchev–Trinajstić information content (AvgIpc) is 2.83. The molecule has 94 valence electrons. The van der Waals surface area contributed by atoms with E-state index in [1.54, 1.807) is 22.9 Å². The molecular weight excluding hydrogens is 230 g/mol. The topological polar surface area (TPSA) is 70.1 Å². The summed E-state index contributed by atoms with van der Waals surface area (Å²) in [7, 11) is 1.34. The smallest absolute Gasteiger partial charge is 0.358 e. The quantitative estimate of drug-likeness (QED) is 0.661. The first-order valence-corrected chi connectivity index (χ1v) is 5.69. The van der Waals surface area contributed by atoms with E-state index in [4.69, 9.17) is 5.73 Å². The number of carbonyl (C=O) groups excluding carboxylic acids is 1. The van der Waals surface area contributed by atoms with Crippen molar-refractivity contribution in [3.05, 3.63) is 41.7 Å². The molecule has 0 saturated carbocycles. The van der Waals surface area contributed by atoms with Gasteiger partial charge in [0, 0.05) is 11.4 Å². The summed E-state index contributed by atoms with van der Waals surface area (Å²) in [6.45, 7) is 2.01. The van der Waals surface area contributed by atoms with Crippen LogP contribution < -0.4 is 5.73 Å². The molecule has 1 aromatic heterocycles. The number of carbonyl (C=O) groups is 1. The molecule has 2 aromatic rings. The molecule has 0 atom stereocenters. The fourth-order valence-corrected chi connectivity index (χ4v) is 1.72. The summed E-state index contributed by atoms with van der Waals surface area (Å²) in [5, 5.41) is 4.25. The van der Waals surface area contributed by atoms with Gasteiger partial charge in [-0.15, -0.1) is 0 Å². The molecule has 1 heterocycles. The van der Waals surface area contributed by atoms with E-state index in [2.05, 4.69) is 9.84 Å². The van der Waals surface area contributed by atoms with Crippen molar-refractivity contribution in [3.63, 3.8) is 0 Å². The molecule has 1 aromatic carbocycles. The van der Waals surface area contributed by atoms with Crippen molar-refractivity contribution in [1.82, 2.24) is 9.78 Å². The maximum atomic E-state index is 11.5. The fraction of sp³-hybridized carbons (Fsp3) is 0.231. The number of nitrogen functional groups attached to an aromatic ring is 1. The normalized spacial score (nSPS) is 10.3. The minimum absolute atomic E-state index is 0.311. The number of hydrogen-bond donors (Lipinski definition) is 1. The molecule has 0 aliphatic heterocycles. The summed E-state index contributed by atoms with van der Waals surface area (Å²) in [4.78, 5) is 11.5. The van der Waals surface area contributed by atoms with Gasteiger partial charge in [0.15, 0.2) is 5.69 Å². The first-order valence-electron chi connectivity index (χ1n) is 5.69. The van der Waals surface area contributed by atoms with E-state index in [-0.39, 0.29) is 0 Å². The summed E-state index contributed by atoms with van der Waals surface area (Å²) >= 11 is 0. The minimum atomic E-state index is -0.432. The second-order valence-electron chi connectivity index (χ2n) is 3.87. The van der Waals surface area contributed by atoms with Crippen LogP contribution in [0.15, 0.2) is 30.3 Å². The molecule has 0 saturated heterocycles. The number of anilines is 1. The van der Waals surface area contributed by atoms with Crippen LogP contribution in [0.1, 0.15) is 23.1 Å². The Bertz CT molecular complexity index is 558. The molecule has 5 heteroatoms. The highest BCUT2D eigenvalue weighted by molar-refractivity contribution is 5.87. The van der Waals surface area contributed by atoms with Gasteiger partial charge in [-0.05, 0) is 36.8 Å². The number of esters is 1. The van der Waals surface area contributed by atoms with Gasteiger partial charge in [0.2, 0.25) is 0 Å². The van der Waals surface area contributed by atoms with Crippen LogP contribution in [0.4, 0.5) is 5.69 Å². The lowest BCUT2D eigenvalue weighted by molar-refractivity contribution is 0.0593. The van der Waals surface area contributed by atoms with Gasteiger partial charge < -0.3 is 10.5 Å². The predicted molar refractivity (Wildman–Crippen MR) is 68.7 cm³/mol. The van der Waals surface area contributed by atoms with Gasteiger partial charge >= 0.3 is 5.97 Å². The highest BCUT2D eigenvalue weighted by atomic mass is 16.5. The largest absolute Gasteiger partial charge is 0.464 e. The fourth-order valence-electron chi connectivity index (χ4n) is 1.72.